The van der Waals surface area contributed by atoms with Gasteiger partial charge >= 0.3 is 6.03 Å². The average Bonchev–Trinajstić information content (AvgIpc) is 2.52. The first kappa shape index (κ1) is 13.6. The molecule has 1 heterocycles. The van der Waals surface area contributed by atoms with Crippen LogP contribution in [-0.2, 0) is 4.79 Å². The third-order valence-electron chi connectivity index (χ3n) is 1.93. The Hall–Kier alpha value is -1.39. The van der Waals surface area contributed by atoms with Gasteiger partial charge in [0.1, 0.15) is 0 Å². The average molecular weight is 213 g/mol. The van der Waals surface area contributed by atoms with E-state index in [4.69, 9.17) is 0 Å². The lowest BCUT2D eigenvalue weighted by molar-refractivity contribution is -0.126. The lowest BCUT2D eigenvalue weighted by Crippen LogP contribution is -2.17. The number of carbonyl (C=O) groups excluding carboxylic acids is 2. The first-order valence-electron chi connectivity index (χ1n) is 4.93. The minimum Gasteiger partial charge on any atom is -0.346 e. The molecule has 15 heavy (non-hydrogen) atoms. The summed E-state index contributed by atoms with van der Waals surface area (Å²) in [7, 11) is 5.17. The van der Waals surface area contributed by atoms with Crippen molar-refractivity contribution in [2.24, 2.45) is 4.99 Å². The fraction of sp³-hybridized carbons (Fsp3) is 0.700. The van der Waals surface area contributed by atoms with Crippen LogP contribution < -0.4 is 0 Å². The lowest BCUT2D eigenvalue weighted by atomic mass is 10.4. The van der Waals surface area contributed by atoms with Gasteiger partial charge in [-0.15, -0.1) is 0 Å². The Morgan fingerprint density at radius 2 is 2.13 bits per heavy atom. The third-order valence-corrected chi connectivity index (χ3v) is 1.93. The maximum Gasteiger partial charge on any atom is 0.342 e. The predicted molar refractivity (Wildman–Crippen MR) is 60.1 cm³/mol. The summed E-state index contributed by atoms with van der Waals surface area (Å²) in [5.74, 6) is 0.292. The number of rotatable bonds is 0. The summed E-state index contributed by atoms with van der Waals surface area (Å²) in [6.07, 6.45) is 3.29. The molecule has 0 aromatic heterocycles. The summed E-state index contributed by atoms with van der Waals surface area (Å²) in [6, 6.07) is -0.215. The quantitative estimate of drug-likeness (QED) is 0.564. The van der Waals surface area contributed by atoms with Crippen LogP contribution in [0.2, 0.25) is 0 Å². The second-order valence-corrected chi connectivity index (χ2v) is 3.48. The number of likely N-dealkylation sites (tertiary alicyclic amines) is 1. The number of carbonyl (C=O) groups is 2. The minimum atomic E-state index is -0.215. The molecule has 0 unspecified atom stereocenters. The maximum atomic E-state index is 10.5. The predicted octanol–water partition coefficient (Wildman–Crippen LogP) is 0.997. The van der Waals surface area contributed by atoms with E-state index in [1.165, 1.54) is 11.1 Å². The van der Waals surface area contributed by atoms with Crippen molar-refractivity contribution in [1.82, 2.24) is 9.80 Å². The molecule has 1 aliphatic heterocycles. The van der Waals surface area contributed by atoms with Gasteiger partial charge in [-0.3, -0.25) is 4.79 Å². The van der Waals surface area contributed by atoms with Crippen LogP contribution in [0.15, 0.2) is 4.99 Å². The first-order chi connectivity index (χ1) is 6.99. The fourth-order valence-electron chi connectivity index (χ4n) is 1.01. The van der Waals surface area contributed by atoms with E-state index in [1.54, 1.807) is 25.9 Å². The molecule has 0 radical (unpaired) electrons. The molecule has 0 spiro atoms. The van der Waals surface area contributed by atoms with Gasteiger partial charge in [-0.1, -0.05) is 0 Å². The Balaban J connectivity index is 0.000000262. The third kappa shape index (κ3) is 5.83. The molecule has 0 aliphatic carbocycles. The molecule has 1 aliphatic rings. The van der Waals surface area contributed by atoms with Crippen LogP contribution in [0.5, 0.6) is 0 Å². The zero-order valence-electron chi connectivity index (χ0n) is 9.86. The van der Waals surface area contributed by atoms with E-state index in [1.807, 2.05) is 7.05 Å². The fourth-order valence-corrected chi connectivity index (χ4v) is 1.01. The number of hydrogen-bond acceptors (Lipinski definition) is 2. The van der Waals surface area contributed by atoms with E-state index in [0.29, 0.717) is 5.91 Å². The molecular formula is C10H19N3O2. The van der Waals surface area contributed by atoms with Crippen molar-refractivity contribution in [1.29, 1.82) is 0 Å². The van der Waals surface area contributed by atoms with Gasteiger partial charge in [0.25, 0.3) is 0 Å². The summed E-state index contributed by atoms with van der Waals surface area (Å²) >= 11 is 0. The van der Waals surface area contributed by atoms with Gasteiger partial charge in [0, 0.05) is 40.3 Å². The van der Waals surface area contributed by atoms with E-state index in [2.05, 4.69) is 4.99 Å². The highest BCUT2D eigenvalue weighted by Gasteiger charge is 2.14. The molecule has 3 amide bonds. The van der Waals surface area contributed by atoms with Crippen molar-refractivity contribution in [3.8, 4) is 0 Å². The van der Waals surface area contributed by atoms with Crippen LogP contribution in [0, 0.1) is 0 Å². The Labute approximate surface area is 90.8 Å². The zero-order valence-corrected chi connectivity index (χ0v) is 9.86. The second kappa shape index (κ2) is 6.98. The number of nitrogens with zero attached hydrogens (tertiary/aromatic N) is 3. The number of amides is 3. The normalized spacial score (nSPS) is 15.2. The first-order valence-corrected chi connectivity index (χ1v) is 4.93. The van der Waals surface area contributed by atoms with Crippen molar-refractivity contribution >= 4 is 18.2 Å². The van der Waals surface area contributed by atoms with Gasteiger partial charge in [-0.05, 0) is 13.3 Å². The number of hydrogen-bond donors (Lipinski definition) is 0. The Morgan fingerprint density at radius 3 is 2.27 bits per heavy atom. The highest BCUT2D eigenvalue weighted by atomic mass is 16.2. The van der Waals surface area contributed by atoms with Crippen molar-refractivity contribution in [2.75, 3.05) is 27.7 Å². The molecule has 86 valence electrons. The summed E-state index contributed by atoms with van der Waals surface area (Å²) in [4.78, 5) is 27.6. The van der Waals surface area contributed by atoms with Crippen molar-refractivity contribution in [3.05, 3.63) is 0 Å². The molecule has 0 atom stereocenters. The molecule has 0 aromatic rings. The van der Waals surface area contributed by atoms with Gasteiger partial charge in [0.15, 0.2) is 0 Å². The summed E-state index contributed by atoms with van der Waals surface area (Å²) in [5, 5.41) is 0. The van der Waals surface area contributed by atoms with Crippen LogP contribution >= 0.6 is 0 Å². The standard InChI is InChI=1S/C5H10N2O.C5H9NO/c1-4-6-5(8)7(2)3;1-6-4-2-3-5(6)7/h4H,1-3H3;2-4H2,1H3. The molecular weight excluding hydrogens is 194 g/mol. The van der Waals surface area contributed by atoms with Crippen LogP contribution in [0.25, 0.3) is 0 Å². The zero-order chi connectivity index (χ0) is 11.8. The highest BCUT2D eigenvalue weighted by Crippen LogP contribution is 2.04. The highest BCUT2D eigenvalue weighted by molar-refractivity contribution is 5.82. The largest absolute Gasteiger partial charge is 0.346 e. The molecule has 5 nitrogen and oxygen atoms in total. The number of urea groups is 1. The van der Waals surface area contributed by atoms with E-state index in [-0.39, 0.29) is 6.03 Å². The van der Waals surface area contributed by atoms with Gasteiger partial charge in [-0.2, -0.15) is 0 Å². The van der Waals surface area contributed by atoms with E-state index < -0.39 is 0 Å². The van der Waals surface area contributed by atoms with Crippen molar-refractivity contribution in [3.63, 3.8) is 0 Å². The smallest absolute Gasteiger partial charge is 0.342 e. The molecule has 1 saturated heterocycles. The minimum absolute atomic E-state index is 0.215. The monoisotopic (exact) mass is 213 g/mol. The van der Waals surface area contributed by atoms with Crippen molar-refractivity contribution in [2.45, 2.75) is 19.8 Å². The topological polar surface area (TPSA) is 53.0 Å². The van der Waals surface area contributed by atoms with Gasteiger partial charge in [0.2, 0.25) is 5.91 Å². The molecule has 0 saturated carbocycles. The van der Waals surface area contributed by atoms with E-state index in [0.717, 1.165) is 19.4 Å². The summed E-state index contributed by atoms with van der Waals surface area (Å²) in [5.41, 5.74) is 0. The number of aliphatic imine (C=N–C) groups is 1. The van der Waals surface area contributed by atoms with Crippen LogP contribution in [-0.4, -0.2) is 55.6 Å². The SMILES string of the molecule is CC=NC(=O)N(C)C.CN1CCCC1=O. The van der Waals surface area contributed by atoms with E-state index >= 15 is 0 Å². The van der Waals surface area contributed by atoms with Crippen molar-refractivity contribution < 1.29 is 9.59 Å². The lowest BCUT2D eigenvalue weighted by Gasteiger charge is -2.03. The molecule has 5 heteroatoms. The maximum absolute atomic E-state index is 10.5. The van der Waals surface area contributed by atoms with Crippen LogP contribution in [0.3, 0.4) is 0 Å². The Kier molecular flexibility index (Phi) is 6.33. The molecule has 1 rings (SSSR count). The molecule has 1 fully saturated rings. The van der Waals surface area contributed by atoms with Gasteiger partial charge in [-0.25, -0.2) is 9.79 Å². The van der Waals surface area contributed by atoms with Gasteiger partial charge < -0.3 is 9.80 Å². The van der Waals surface area contributed by atoms with Gasteiger partial charge in [0.05, 0.1) is 0 Å². The molecule has 0 aromatic carbocycles. The summed E-state index contributed by atoms with van der Waals surface area (Å²) in [6.45, 7) is 2.67. The van der Waals surface area contributed by atoms with Crippen LogP contribution in [0.4, 0.5) is 4.79 Å². The Bertz CT molecular complexity index is 249. The summed E-state index contributed by atoms with van der Waals surface area (Å²) < 4.78 is 0. The second-order valence-electron chi connectivity index (χ2n) is 3.48. The van der Waals surface area contributed by atoms with E-state index in [9.17, 15) is 9.59 Å². The van der Waals surface area contributed by atoms with Crippen LogP contribution in [0.1, 0.15) is 19.8 Å². The Morgan fingerprint density at radius 1 is 1.53 bits per heavy atom. The molecule has 0 N–H and O–H groups in total. The molecule has 0 bridgehead atoms.